The van der Waals surface area contributed by atoms with Crippen LogP contribution in [0.1, 0.15) is 64.7 Å². The molecular formula is C16H28N2O3. The van der Waals surface area contributed by atoms with Gasteiger partial charge >= 0.3 is 5.97 Å². The topological polar surface area (TPSA) is 78.4 Å². The summed E-state index contributed by atoms with van der Waals surface area (Å²) in [6.45, 7) is 3.69. The zero-order valence-corrected chi connectivity index (χ0v) is 13.0. The monoisotopic (exact) mass is 296 g/mol. The molecule has 2 fully saturated rings. The first kappa shape index (κ1) is 16.3. The Balaban J connectivity index is 2.11. The molecule has 1 atom stereocenters. The molecule has 0 radical (unpaired) electrons. The zero-order valence-electron chi connectivity index (χ0n) is 13.0. The number of hydrogen-bond donors (Lipinski definition) is 3. The third kappa shape index (κ3) is 3.76. The highest BCUT2D eigenvalue weighted by Crippen LogP contribution is 2.36. The number of carbonyl (C=O) groups excluding carboxylic acids is 1. The second kappa shape index (κ2) is 6.77. The molecule has 5 heteroatoms. The Morgan fingerprint density at radius 1 is 1.19 bits per heavy atom. The minimum absolute atomic E-state index is 0.0500. The minimum atomic E-state index is -0.814. The van der Waals surface area contributed by atoms with Crippen molar-refractivity contribution in [1.29, 1.82) is 0 Å². The Labute approximate surface area is 126 Å². The second-order valence-corrected chi connectivity index (χ2v) is 6.82. The van der Waals surface area contributed by atoms with Crippen LogP contribution in [0.15, 0.2) is 0 Å². The molecule has 21 heavy (non-hydrogen) atoms. The summed E-state index contributed by atoms with van der Waals surface area (Å²) >= 11 is 0. The lowest BCUT2D eigenvalue weighted by atomic mass is 9.76. The van der Waals surface area contributed by atoms with Gasteiger partial charge in [-0.3, -0.25) is 9.59 Å². The molecule has 1 aliphatic heterocycles. The summed E-state index contributed by atoms with van der Waals surface area (Å²) in [7, 11) is 0. The van der Waals surface area contributed by atoms with Crippen molar-refractivity contribution in [3.63, 3.8) is 0 Å². The molecule has 2 aliphatic rings. The van der Waals surface area contributed by atoms with Crippen molar-refractivity contribution < 1.29 is 14.7 Å². The molecule has 1 saturated heterocycles. The van der Waals surface area contributed by atoms with Gasteiger partial charge in [0.1, 0.15) is 0 Å². The third-order valence-electron chi connectivity index (χ3n) is 5.13. The van der Waals surface area contributed by atoms with Crippen molar-refractivity contribution in [1.82, 2.24) is 10.6 Å². The first-order valence-electron chi connectivity index (χ1n) is 8.27. The number of nitrogens with one attached hydrogen (secondary N) is 2. The van der Waals surface area contributed by atoms with Gasteiger partial charge in [-0.15, -0.1) is 0 Å². The van der Waals surface area contributed by atoms with E-state index in [1.54, 1.807) is 0 Å². The lowest BCUT2D eigenvalue weighted by Crippen LogP contribution is -2.56. The van der Waals surface area contributed by atoms with Crippen LogP contribution >= 0.6 is 0 Å². The van der Waals surface area contributed by atoms with E-state index in [0.29, 0.717) is 0 Å². The fraction of sp³-hybridized carbons (Fsp3) is 0.875. The molecule has 3 N–H and O–H groups in total. The molecule has 1 unspecified atom stereocenters. The smallest absolute Gasteiger partial charge is 0.305 e. The van der Waals surface area contributed by atoms with Crippen molar-refractivity contribution in [2.75, 3.05) is 13.1 Å². The first-order valence-corrected chi connectivity index (χ1v) is 8.27. The van der Waals surface area contributed by atoms with Gasteiger partial charge in [-0.2, -0.15) is 0 Å². The van der Waals surface area contributed by atoms with Crippen molar-refractivity contribution >= 4 is 11.9 Å². The van der Waals surface area contributed by atoms with E-state index in [1.807, 2.05) is 0 Å². The largest absolute Gasteiger partial charge is 0.481 e. The number of carboxylic acid groups (broad SMARTS) is 1. The lowest BCUT2D eigenvalue weighted by molar-refractivity contribution is -0.140. The summed E-state index contributed by atoms with van der Waals surface area (Å²) in [5.41, 5.74) is -0.859. The predicted octanol–water partition coefficient (Wildman–Crippen LogP) is 2.06. The molecule has 0 bridgehead atoms. The minimum Gasteiger partial charge on any atom is -0.481 e. The molecular weight excluding hydrogens is 268 g/mol. The number of rotatable bonds is 6. The summed E-state index contributed by atoms with van der Waals surface area (Å²) in [4.78, 5) is 24.1. The van der Waals surface area contributed by atoms with E-state index in [4.69, 9.17) is 0 Å². The van der Waals surface area contributed by atoms with Crippen molar-refractivity contribution in [3.8, 4) is 0 Å². The summed E-state index contributed by atoms with van der Waals surface area (Å²) < 4.78 is 0. The van der Waals surface area contributed by atoms with Crippen LogP contribution in [0, 0.1) is 5.41 Å². The van der Waals surface area contributed by atoms with Gasteiger partial charge in [-0.05, 0) is 32.2 Å². The highest BCUT2D eigenvalue weighted by molar-refractivity contribution is 5.84. The van der Waals surface area contributed by atoms with Crippen molar-refractivity contribution in [2.24, 2.45) is 5.41 Å². The fourth-order valence-corrected chi connectivity index (χ4v) is 3.98. The van der Waals surface area contributed by atoms with Crippen LogP contribution in [0.5, 0.6) is 0 Å². The maximum Gasteiger partial charge on any atom is 0.305 e. The molecule has 1 saturated carbocycles. The summed E-state index contributed by atoms with van der Waals surface area (Å²) in [5, 5.41) is 15.7. The normalized spacial score (nSPS) is 28.2. The quantitative estimate of drug-likeness (QED) is 0.701. The summed E-state index contributed by atoms with van der Waals surface area (Å²) in [6, 6.07) is 0. The zero-order chi connectivity index (χ0) is 15.3. The van der Waals surface area contributed by atoms with E-state index in [0.717, 1.165) is 64.5 Å². The lowest BCUT2D eigenvalue weighted by Gasteiger charge is -2.40. The van der Waals surface area contributed by atoms with Crippen LogP contribution in [0.4, 0.5) is 0 Å². The highest BCUT2D eigenvalue weighted by atomic mass is 16.4. The number of carbonyl (C=O) groups is 2. The SMILES string of the molecule is CCCC1(C(=O)NC2(CC(=O)O)CCCCC2)CCNC1. The van der Waals surface area contributed by atoms with E-state index in [-0.39, 0.29) is 17.7 Å². The van der Waals surface area contributed by atoms with Gasteiger partial charge in [0.2, 0.25) is 5.91 Å². The van der Waals surface area contributed by atoms with Gasteiger partial charge < -0.3 is 15.7 Å². The first-order chi connectivity index (χ1) is 10.0. The maximum atomic E-state index is 12.9. The molecule has 1 amide bonds. The molecule has 2 rings (SSSR count). The van der Waals surface area contributed by atoms with Gasteiger partial charge in [0.25, 0.3) is 0 Å². The standard InChI is InChI=1S/C16H28N2O3/c1-2-6-15(9-10-17-12-15)14(21)18-16(11-13(19)20)7-4-3-5-8-16/h17H,2-12H2,1H3,(H,18,21)(H,19,20). The van der Waals surface area contributed by atoms with Gasteiger partial charge in [0.05, 0.1) is 17.4 Å². The van der Waals surface area contributed by atoms with Gasteiger partial charge in [0, 0.05) is 6.54 Å². The van der Waals surface area contributed by atoms with Crippen LogP contribution in [0.3, 0.4) is 0 Å². The van der Waals surface area contributed by atoms with Crippen LogP contribution in [0.2, 0.25) is 0 Å². The number of aliphatic carboxylic acids is 1. The van der Waals surface area contributed by atoms with E-state index in [2.05, 4.69) is 17.6 Å². The number of hydrogen-bond acceptors (Lipinski definition) is 3. The van der Waals surface area contributed by atoms with E-state index in [1.165, 1.54) is 0 Å². The molecule has 0 aromatic carbocycles. The fourth-order valence-electron chi connectivity index (χ4n) is 3.98. The van der Waals surface area contributed by atoms with Crippen LogP contribution < -0.4 is 10.6 Å². The second-order valence-electron chi connectivity index (χ2n) is 6.82. The van der Waals surface area contributed by atoms with E-state index < -0.39 is 11.5 Å². The number of carboxylic acids is 1. The average molecular weight is 296 g/mol. The van der Waals surface area contributed by atoms with Gasteiger partial charge in [-0.1, -0.05) is 32.6 Å². The number of amides is 1. The molecule has 5 nitrogen and oxygen atoms in total. The third-order valence-corrected chi connectivity index (χ3v) is 5.13. The maximum absolute atomic E-state index is 12.9. The predicted molar refractivity (Wildman–Crippen MR) is 81.0 cm³/mol. The Bertz CT molecular complexity index is 383. The van der Waals surface area contributed by atoms with Crippen LogP contribution in [0.25, 0.3) is 0 Å². The molecule has 1 aliphatic carbocycles. The Kier molecular flexibility index (Phi) is 5.25. The van der Waals surface area contributed by atoms with Crippen molar-refractivity contribution in [3.05, 3.63) is 0 Å². The van der Waals surface area contributed by atoms with Crippen molar-refractivity contribution in [2.45, 2.75) is 70.3 Å². The Hall–Kier alpha value is -1.10. The summed E-state index contributed by atoms with van der Waals surface area (Å²) in [5.74, 6) is -0.746. The van der Waals surface area contributed by atoms with Gasteiger partial charge in [0.15, 0.2) is 0 Å². The van der Waals surface area contributed by atoms with Crippen LogP contribution in [-0.4, -0.2) is 35.6 Å². The van der Waals surface area contributed by atoms with E-state index in [9.17, 15) is 14.7 Å². The molecule has 0 aromatic heterocycles. The molecule has 0 spiro atoms. The molecule has 0 aromatic rings. The molecule has 120 valence electrons. The Morgan fingerprint density at radius 3 is 2.43 bits per heavy atom. The summed E-state index contributed by atoms with van der Waals surface area (Å²) in [6.07, 6.45) is 7.49. The molecule has 1 heterocycles. The highest BCUT2D eigenvalue weighted by Gasteiger charge is 2.44. The van der Waals surface area contributed by atoms with Crippen LogP contribution in [-0.2, 0) is 9.59 Å². The Morgan fingerprint density at radius 2 is 1.90 bits per heavy atom. The average Bonchev–Trinajstić information content (AvgIpc) is 2.89. The van der Waals surface area contributed by atoms with E-state index >= 15 is 0 Å². The van der Waals surface area contributed by atoms with Gasteiger partial charge in [-0.25, -0.2) is 0 Å².